The Morgan fingerprint density at radius 2 is 1.94 bits per heavy atom. The second-order valence-corrected chi connectivity index (χ2v) is 6.63. The summed E-state index contributed by atoms with van der Waals surface area (Å²) in [6.07, 6.45) is 4.36. The van der Waals surface area contributed by atoms with Crippen molar-refractivity contribution >= 4 is 10.0 Å². The van der Waals surface area contributed by atoms with Gasteiger partial charge in [-0.25, -0.2) is 8.42 Å². The molecule has 0 saturated carbocycles. The minimum absolute atomic E-state index is 0.0676. The molecule has 1 saturated heterocycles. The summed E-state index contributed by atoms with van der Waals surface area (Å²) >= 11 is 0. The lowest BCUT2D eigenvalue weighted by Gasteiger charge is -2.37. The number of hydrogen-bond donors (Lipinski definition) is 1. The monoisotopic (exact) mass is 257 g/mol. The van der Waals surface area contributed by atoms with Crippen LogP contribution < -0.4 is 0 Å². The van der Waals surface area contributed by atoms with Crippen molar-refractivity contribution in [2.24, 2.45) is 0 Å². The van der Waals surface area contributed by atoms with E-state index in [0.29, 0.717) is 10.6 Å². The van der Waals surface area contributed by atoms with Crippen LogP contribution in [0.5, 0.6) is 0 Å². The first kappa shape index (κ1) is 12.6. The van der Waals surface area contributed by atoms with Crippen molar-refractivity contribution < 1.29 is 8.42 Å². The minimum Gasteiger partial charge on any atom is -0.281 e. The van der Waals surface area contributed by atoms with E-state index < -0.39 is 10.0 Å². The summed E-state index contributed by atoms with van der Waals surface area (Å²) in [4.78, 5) is 0.304. The summed E-state index contributed by atoms with van der Waals surface area (Å²) in [5.74, 6) is 0. The van der Waals surface area contributed by atoms with Crippen LogP contribution in [0.3, 0.4) is 0 Å². The maximum absolute atomic E-state index is 12.6. The zero-order chi connectivity index (χ0) is 12.6. The number of aromatic amines is 1. The number of H-pyrrole nitrogens is 1. The first-order valence-corrected chi connectivity index (χ1v) is 7.42. The Morgan fingerprint density at radius 1 is 1.35 bits per heavy atom. The summed E-state index contributed by atoms with van der Waals surface area (Å²) in [5, 5.41) is 6.49. The second kappa shape index (κ2) is 4.42. The number of hydrogen-bond acceptors (Lipinski definition) is 3. The van der Waals surface area contributed by atoms with Gasteiger partial charge in [0.15, 0.2) is 0 Å². The molecule has 0 radical (unpaired) electrons. The SMILES string of the molecule is Cc1[nH]ncc1S(=O)(=O)N1C(C)CCCC1C. The molecule has 2 atom stereocenters. The highest BCUT2D eigenvalue weighted by Gasteiger charge is 2.36. The quantitative estimate of drug-likeness (QED) is 0.876. The third kappa shape index (κ3) is 2.11. The average molecular weight is 257 g/mol. The summed E-state index contributed by atoms with van der Waals surface area (Å²) in [6.45, 7) is 5.68. The van der Waals surface area contributed by atoms with Gasteiger partial charge in [-0.05, 0) is 33.6 Å². The van der Waals surface area contributed by atoms with Gasteiger partial charge in [-0.1, -0.05) is 6.42 Å². The van der Waals surface area contributed by atoms with Crippen LogP contribution in [0.25, 0.3) is 0 Å². The number of rotatable bonds is 2. The lowest BCUT2D eigenvalue weighted by Crippen LogP contribution is -2.47. The maximum Gasteiger partial charge on any atom is 0.246 e. The van der Waals surface area contributed by atoms with E-state index in [1.54, 1.807) is 11.2 Å². The highest BCUT2D eigenvalue weighted by molar-refractivity contribution is 7.89. The van der Waals surface area contributed by atoms with Crippen LogP contribution in [0.1, 0.15) is 38.8 Å². The number of nitrogens with zero attached hydrogens (tertiary/aromatic N) is 2. The third-order valence-corrected chi connectivity index (χ3v) is 5.69. The van der Waals surface area contributed by atoms with Crippen molar-refractivity contribution in [1.82, 2.24) is 14.5 Å². The van der Waals surface area contributed by atoms with E-state index in [9.17, 15) is 8.42 Å². The molecule has 2 unspecified atom stereocenters. The molecule has 1 fully saturated rings. The minimum atomic E-state index is -3.41. The van der Waals surface area contributed by atoms with E-state index in [1.165, 1.54) is 6.20 Å². The molecule has 1 aromatic rings. The van der Waals surface area contributed by atoms with E-state index in [-0.39, 0.29) is 12.1 Å². The first-order valence-electron chi connectivity index (χ1n) is 5.98. The largest absolute Gasteiger partial charge is 0.281 e. The molecule has 0 bridgehead atoms. The number of piperidine rings is 1. The Kier molecular flexibility index (Phi) is 3.27. The van der Waals surface area contributed by atoms with Gasteiger partial charge in [0.05, 0.1) is 11.9 Å². The standard InChI is InChI=1S/C11H19N3O2S/c1-8-5-4-6-9(2)14(8)17(15,16)11-7-12-13-10(11)3/h7-9H,4-6H2,1-3H3,(H,12,13). The predicted octanol–water partition coefficient (Wildman–Crippen LogP) is 1.67. The van der Waals surface area contributed by atoms with E-state index in [4.69, 9.17) is 0 Å². The molecule has 5 nitrogen and oxygen atoms in total. The van der Waals surface area contributed by atoms with Gasteiger partial charge in [-0.2, -0.15) is 9.40 Å². The molecule has 1 N–H and O–H groups in total. The molecule has 1 aliphatic rings. The lowest BCUT2D eigenvalue weighted by molar-refractivity contribution is 0.204. The fourth-order valence-electron chi connectivity index (χ4n) is 2.58. The Bertz CT molecular complexity index is 485. The van der Waals surface area contributed by atoms with Crippen molar-refractivity contribution in [3.63, 3.8) is 0 Å². The molecule has 1 aromatic heterocycles. The smallest absolute Gasteiger partial charge is 0.246 e. The third-order valence-electron chi connectivity index (χ3n) is 3.45. The fourth-order valence-corrected chi connectivity index (χ4v) is 4.59. The van der Waals surface area contributed by atoms with Crippen molar-refractivity contribution in [3.05, 3.63) is 11.9 Å². The highest BCUT2D eigenvalue weighted by Crippen LogP contribution is 2.29. The Morgan fingerprint density at radius 3 is 2.41 bits per heavy atom. The van der Waals surface area contributed by atoms with Crippen LogP contribution >= 0.6 is 0 Å². The van der Waals surface area contributed by atoms with Crippen molar-refractivity contribution in [2.45, 2.75) is 57.0 Å². The fraction of sp³-hybridized carbons (Fsp3) is 0.727. The average Bonchev–Trinajstić information content (AvgIpc) is 2.64. The molecule has 17 heavy (non-hydrogen) atoms. The van der Waals surface area contributed by atoms with Crippen molar-refractivity contribution in [2.75, 3.05) is 0 Å². The first-order chi connectivity index (χ1) is 7.94. The number of aryl methyl sites for hydroxylation is 1. The van der Waals surface area contributed by atoms with Crippen molar-refractivity contribution in [3.8, 4) is 0 Å². The number of aromatic nitrogens is 2. The highest BCUT2D eigenvalue weighted by atomic mass is 32.2. The van der Waals surface area contributed by atoms with Gasteiger partial charge in [-0.3, -0.25) is 5.10 Å². The molecule has 0 spiro atoms. The van der Waals surface area contributed by atoms with Gasteiger partial charge in [0.25, 0.3) is 0 Å². The summed E-state index contributed by atoms with van der Waals surface area (Å²) in [7, 11) is -3.41. The molecule has 6 heteroatoms. The van der Waals surface area contributed by atoms with Gasteiger partial charge in [-0.15, -0.1) is 0 Å². The van der Waals surface area contributed by atoms with Gasteiger partial charge in [0.1, 0.15) is 4.90 Å². The van der Waals surface area contributed by atoms with Gasteiger partial charge in [0.2, 0.25) is 10.0 Å². The number of sulfonamides is 1. The molecule has 2 rings (SSSR count). The van der Waals surface area contributed by atoms with Gasteiger partial charge in [0, 0.05) is 12.1 Å². The van der Waals surface area contributed by atoms with Gasteiger partial charge < -0.3 is 0 Å². The Labute approximate surface area is 102 Å². The van der Waals surface area contributed by atoms with E-state index >= 15 is 0 Å². The Hall–Kier alpha value is -0.880. The molecule has 2 heterocycles. The maximum atomic E-state index is 12.6. The topological polar surface area (TPSA) is 66.1 Å². The molecular weight excluding hydrogens is 238 g/mol. The molecule has 0 aliphatic carbocycles. The van der Waals surface area contributed by atoms with Crippen LogP contribution in [-0.2, 0) is 10.0 Å². The van der Waals surface area contributed by atoms with E-state index in [2.05, 4.69) is 10.2 Å². The summed E-state index contributed by atoms with van der Waals surface area (Å²) in [5.41, 5.74) is 0.606. The van der Waals surface area contributed by atoms with Crippen LogP contribution in [0.2, 0.25) is 0 Å². The molecule has 0 amide bonds. The zero-order valence-corrected chi connectivity index (χ0v) is 11.3. The Balaban J connectivity index is 2.41. The molecule has 0 aromatic carbocycles. The molecule has 96 valence electrons. The zero-order valence-electron chi connectivity index (χ0n) is 10.5. The summed E-state index contributed by atoms with van der Waals surface area (Å²) in [6, 6.07) is 0.135. The summed E-state index contributed by atoms with van der Waals surface area (Å²) < 4.78 is 26.7. The van der Waals surface area contributed by atoms with Crippen molar-refractivity contribution in [1.29, 1.82) is 0 Å². The van der Waals surface area contributed by atoms with Crippen LogP contribution in [0.15, 0.2) is 11.1 Å². The molecule has 1 aliphatic heterocycles. The lowest BCUT2D eigenvalue weighted by atomic mass is 10.0. The van der Waals surface area contributed by atoms with Crippen LogP contribution in [-0.4, -0.2) is 35.0 Å². The van der Waals surface area contributed by atoms with Gasteiger partial charge >= 0.3 is 0 Å². The second-order valence-electron chi connectivity index (χ2n) is 4.82. The van der Waals surface area contributed by atoms with Crippen LogP contribution in [0, 0.1) is 6.92 Å². The van der Waals surface area contributed by atoms with E-state index in [0.717, 1.165) is 19.3 Å². The predicted molar refractivity (Wildman–Crippen MR) is 65.1 cm³/mol. The normalized spacial score (nSPS) is 27.2. The van der Waals surface area contributed by atoms with E-state index in [1.807, 2.05) is 13.8 Å². The van der Waals surface area contributed by atoms with Crippen LogP contribution in [0.4, 0.5) is 0 Å². The molecular formula is C11H19N3O2S. The number of nitrogens with one attached hydrogen (secondary N) is 1.